The second-order valence-corrected chi connectivity index (χ2v) is 4.28. The summed E-state index contributed by atoms with van der Waals surface area (Å²) in [5.74, 6) is 0.248. The first-order valence-electron chi connectivity index (χ1n) is 4.92. The molecule has 0 atom stereocenters. The summed E-state index contributed by atoms with van der Waals surface area (Å²) in [6, 6.07) is 5.78. The van der Waals surface area contributed by atoms with Crippen LogP contribution in [0.5, 0.6) is 0 Å². The Morgan fingerprint density at radius 3 is 3.07 bits per heavy atom. The van der Waals surface area contributed by atoms with E-state index >= 15 is 0 Å². The number of anilines is 1. The minimum atomic E-state index is 0.0207. The molecule has 15 heavy (non-hydrogen) atoms. The molecule has 1 aromatic carbocycles. The lowest BCUT2D eigenvalue weighted by Gasteiger charge is -2.29. The molecule has 80 valence electrons. The number of fused-ring (bicyclic) bond motifs is 1. The number of benzene rings is 1. The molecular weight excluding hydrogens is 230 g/mol. The summed E-state index contributed by atoms with van der Waals surface area (Å²) in [6.45, 7) is 0.746. The number of nitrogens with zero attached hydrogens (tertiary/aromatic N) is 1. The summed E-state index contributed by atoms with van der Waals surface area (Å²) in [7, 11) is 0. The quantitative estimate of drug-likeness (QED) is 0.750. The number of carbonyl (C=O) groups is 1. The van der Waals surface area contributed by atoms with E-state index in [1.165, 1.54) is 0 Å². The first-order chi connectivity index (χ1) is 7.24. The largest absolute Gasteiger partial charge is 0.310 e. The van der Waals surface area contributed by atoms with Crippen molar-refractivity contribution in [2.24, 2.45) is 0 Å². The van der Waals surface area contributed by atoms with E-state index in [1.807, 2.05) is 18.2 Å². The molecule has 0 aromatic heterocycles. The third-order valence-electron chi connectivity index (χ3n) is 2.60. The minimum absolute atomic E-state index is 0.0207. The van der Waals surface area contributed by atoms with Gasteiger partial charge in [-0.2, -0.15) is 12.6 Å². The number of para-hydroxylation sites is 1. The highest BCUT2D eigenvalue weighted by atomic mass is 35.5. The zero-order valence-corrected chi connectivity index (χ0v) is 9.89. The Kier molecular flexibility index (Phi) is 3.22. The van der Waals surface area contributed by atoms with Crippen molar-refractivity contribution in [2.75, 3.05) is 17.2 Å². The number of halogens is 1. The van der Waals surface area contributed by atoms with Crippen LogP contribution in [0.15, 0.2) is 18.2 Å². The standard InChI is InChI=1S/C11H12ClNOS/c12-9-5-1-3-8-4-2-6-13(11(8)9)10(14)7-15/h1,3,5,15H,2,4,6-7H2. The normalized spacial score (nSPS) is 14.9. The highest BCUT2D eigenvalue weighted by Crippen LogP contribution is 2.34. The van der Waals surface area contributed by atoms with Gasteiger partial charge >= 0.3 is 0 Å². The van der Waals surface area contributed by atoms with E-state index in [0.29, 0.717) is 5.02 Å². The van der Waals surface area contributed by atoms with Crippen LogP contribution in [-0.2, 0) is 11.2 Å². The number of hydrogen-bond acceptors (Lipinski definition) is 2. The maximum atomic E-state index is 11.7. The van der Waals surface area contributed by atoms with Crippen molar-refractivity contribution >= 4 is 35.8 Å². The van der Waals surface area contributed by atoms with Gasteiger partial charge < -0.3 is 4.90 Å². The fraction of sp³-hybridized carbons (Fsp3) is 0.364. The van der Waals surface area contributed by atoms with E-state index in [-0.39, 0.29) is 11.7 Å². The molecule has 1 heterocycles. The minimum Gasteiger partial charge on any atom is -0.310 e. The van der Waals surface area contributed by atoms with Crippen LogP contribution in [0.2, 0.25) is 5.02 Å². The van der Waals surface area contributed by atoms with Crippen LogP contribution in [0.25, 0.3) is 0 Å². The van der Waals surface area contributed by atoms with Gasteiger partial charge in [-0.3, -0.25) is 4.79 Å². The third-order valence-corrected chi connectivity index (χ3v) is 3.18. The molecule has 4 heteroatoms. The van der Waals surface area contributed by atoms with Crippen molar-refractivity contribution in [3.63, 3.8) is 0 Å². The summed E-state index contributed by atoms with van der Waals surface area (Å²) in [5.41, 5.74) is 2.04. The smallest absolute Gasteiger partial charge is 0.236 e. The Hall–Kier alpha value is -0.670. The molecule has 2 rings (SSSR count). The van der Waals surface area contributed by atoms with Gasteiger partial charge in [0.1, 0.15) is 0 Å². The van der Waals surface area contributed by atoms with Gasteiger partial charge in [-0.25, -0.2) is 0 Å². The van der Waals surface area contributed by atoms with Crippen LogP contribution < -0.4 is 4.90 Å². The summed E-state index contributed by atoms with van der Waals surface area (Å²) >= 11 is 10.1. The SMILES string of the molecule is O=C(CS)N1CCCc2cccc(Cl)c21. The average molecular weight is 242 g/mol. The second kappa shape index (κ2) is 4.45. The number of amides is 1. The monoisotopic (exact) mass is 241 g/mol. The van der Waals surface area contributed by atoms with Crippen LogP contribution in [0, 0.1) is 0 Å². The van der Waals surface area contributed by atoms with Crippen molar-refractivity contribution < 1.29 is 4.79 Å². The maximum absolute atomic E-state index is 11.7. The van der Waals surface area contributed by atoms with Crippen molar-refractivity contribution in [1.29, 1.82) is 0 Å². The van der Waals surface area contributed by atoms with Crippen LogP contribution in [0.1, 0.15) is 12.0 Å². The Morgan fingerprint density at radius 1 is 1.53 bits per heavy atom. The summed E-state index contributed by atoms with van der Waals surface area (Å²) in [4.78, 5) is 13.4. The molecule has 1 amide bonds. The van der Waals surface area contributed by atoms with E-state index in [1.54, 1.807) is 4.90 Å². The Labute approximate surface area is 99.6 Å². The Balaban J connectivity index is 2.45. The average Bonchev–Trinajstić information content (AvgIpc) is 2.28. The molecule has 0 aliphatic carbocycles. The molecule has 0 spiro atoms. The Bertz CT molecular complexity index is 394. The molecule has 0 saturated heterocycles. The van der Waals surface area contributed by atoms with Crippen LogP contribution in [0.4, 0.5) is 5.69 Å². The van der Waals surface area contributed by atoms with Gasteiger partial charge in [-0.1, -0.05) is 23.7 Å². The molecule has 1 aliphatic rings. The van der Waals surface area contributed by atoms with Gasteiger partial charge in [-0.15, -0.1) is 0 Å². The zero-order chi connectivity index (χ0) is 10.8. The number of aryl methyl sites for hydroxylation is 1. The van der Waals surface area contributed by atoms with Crippen molar-refractivity contribution in [3.05, 3.63) is 28.8 Å². The van der Waals surface area contributed by atoms with E-state index in [9.17, 15) is 4.79 Å². The predicted octanol–water partition coefficient (Wildman–Crippen LogP) is 2.55. The summed E-state index contributed by atoms with van der Waals surface area (Å²) < 4.78 is 0. The first-order valence-corrected chi connectivity index (χ1v) is 5.93. The number of thiol groups is 1. The maximum Gasteiger partial charge on any atom is 0.236 e. The topological polar surface area (TPSA) is 20.3 Å². The summed E-state index contributed by atoms with van der Waals surface area (Å²) in [6.07, 6.45) is 1.99. The van der Waals surface area contributed by atoms with Crippen molar-refractivity contribution in [1.82, 2.24) is 0 Å². The van der Waals surface area contributed by atoms with Gasteiger partial charge in [-0.05, 0) is 24.5 Å². The molecule has 0 unspecified atom stereocenters. The molecule has 2 nitrogen and oxygen atoms in total. The van der Waals surface area contributed by atoms with Gasteiger partial charge in [0.15, 0.2) is 0 Å². The van der Waals surface area contributed by atoms with E-state index in [2.05, 4.69) is 12.6 Å². The molecule has 0 bridgehead atoms. The zero-order valence-electron chi connectivity index (χ0n) is 8.24. The molecular formula is C11H12ClNOS. The van der Waals surface area contributed by atoms with Crippen molar-refractivity contribution in [3.8, 4) is 0 Å². The summed E-state index contributed by atoms with van der Waals surface area (Å²) in [5, 5.41) is 0.655. The van der Waals surface area contributed by atoms with Gasteiger partial charge in [0.25, 0.3) is 0 Å². The lowest BCUT2D eigenvalue weighted by molar-refractivity contribution is -0.116. The van der Waals surface area contributed by atoms with Crippen LogP contribution >= 0.6 is 24.2 Å². The van der Waals surface area contributed by atoms with Crippen LogP contribution in [0.3, 0.4) is 0 Å². The van der Waals surface area contributed by atoms with Crippen LogP contribution in [-0.4, -0.2) is 18.2 Å². The lowest BCUT2D eigenvalue weighted by atomic mass is 10.0. The highest BCUT2D eigenvalue weighted by molar-refractivity contribution is 7.81. The second-order valence-electron chi connectivity index (χ2n) is 3.55. The predicted molar refractivity (Wildman–Crippen MR) is 66.0 cm³/mol. The van der Waals surface area contributed by atoms with E-state index < -0.39 is 0 Å². The molecule has 0 radical (unpaired) electrons. The fourth-order valence-corrected chi connectivity index (χ4v) is 2.41. The lowest BCUT2D eigenvalue weighted by Crippen LogP contribution is -2.36. The molecule has 0 fully saturated rings. The molecule has 0 saturated carbocycles. The molecule has 1 aromatic rings. The highest BCUT2D eigenvalue weighted by Gasteiger charge is 2.23. The van der Waals surface area contributed by atoms with E-state index in [4.69, 9.17) is 11.6 Å². The van der Waals surface area contributed by atoms with Gasteiger partial charge in [0, 0.05) is 6.54 Å². The number of carbonyl (C=O) groups excluding carboxylic acids is 1. The number of hydrogen-bond donors (Lipinski definition) is 1. The van der Waals surface area contributed by atoms with Gasteiger partial charge in [0.05, 0.1) is 16.5 Å². The number of rotatable bonds is 1. The third kappa shape index (κ3) is 1.99. The fourth-order valence-electron chi connectivity index (χ4n) is 1.94. The van der Waals surface area contributed by atoms with E-state index in [0.717, 1.165) is 30.6 Å². The van der Waals surface area contributed by atoms with Gasteiger partial charge in [0.2, 0.25) is 5.91 Å². The van der Waals surface area contributed by atoms with Crippen molar-refractivity contribution in [2.45, 2.75) is 12.8 Å². The Morgan fingerprint density at radius 2 is 2.33 bits per heavy atom. The first kappa shape index (κ1) is 10.8. The molecule has 0 N–H and O–H groups in total. The molecule has 1 aliphatic heterocycles.